The van der Waals surface area contributed by atoms with Crippen LogP contribution in [0.15, 0.2) is 48.7 Å². The van der Waals surface area contributed by atoms with E-state index in [0.717, 1.165) is 18.4 Å². The van der Waals surface area contributed by atoms with Crippen LogP contribution in [0.1, 0.15) is 36.8 Å². The van der Waals surface area contributed by atoms with Crippen LogP contribution < -0.4 is 0 Å². The molecule has 26 heavy (non-hydrogen) atoms. The van der Waals surface area contributed by atoms with E-state index in [1.807, 2.05) is 30.3 Å². The first-order chi connectivity index (χ1) is 12.5. The van der Waals surface area contributed by atoms with Gasteiger partial charge in [0.1, 0.15) is 6.61 Å². The Labute approximate surface area is 151 Å². The first kappa shape index (κ1) is 17.0. The van der Waals surface area contributed by atoms with Crippen molar-refractivity contribution in [2.75, 3.05) is 0 Å². The molecule has 2 saturated heterocycles. The Bertz CT molecular complexity index is 767. The van der Waals surface area contributed by atoms with Crippen LogP contribution in [-0.4, -0.2) is 33.2 Å². The monoisotopic (exact) mass is 356 g/mol. The van der Waals surface area contributed by atoms with Gasteiger partial charge in [-0.2, -0.15) is 4.39 Å². The third kappa shape index (κ3) is 3.17. The molecule has 2 aromatic rings. The number of fused-ring (bicyclic) bond motifs is 2. The fraction of sp³-hybridized carbons (Fsp3) is 0.400. The van der Waals surface area contributed by atoms with Crippen LogP contribution in [0.4, 0.5) is 9.18 Å². The third-order valence-corrected chi connectivity index (χ3v) is 5.45. The summed E-state index contributed by atoms with van der Waals surface area (Å²) in [6, 6.07) is 12.2. The average molecular weight is 356 g/mol. The van der Waals surface area contributed by atoms with Crippen molar-refractivity contribution in [1.82, 2.24) is 9.88 Å². The van der Waals surface area contributed by atoms with Crippen molar-refractivity contribution in [1.29, 1.82) is 0 Å². The molecule has 2 bridgehead atoms. The van der Waals surface area contributed by atoms with Crippen LogP contribution in [0.25, 0.3) is 0 Å². The zero-order valence-electron chi connectivity index (χ0n) is 14.3. The predicted molar refractivity (Wildman–Crippen MR) is 92.6 cm³/mol. The molecule has 3 heterocycles. The van der Waals surface area contributed by atoms with Gasteiger partial charge in [-0.25, -0.2) is 9.78 Å². The second kappa shape index (κ2) is 6.68. The van der Waals surface area contributed by atoms with Gasteiger partial charge in [0, 0.05) is 36.7 Å². The van der Waals surface area contributed by atoms with Crippen molar-refractivity contribution in [2.24, 2.45) is 0 Å². The number of rotatable bonds is 3. The van der Waals surface area contributed by atoms with Crippen molar-refractivity contribution in [3.05, 3.63) is 65.7 Å². The Morgan fingerprint density at radius 3 is 2.50 bits per heavy atom. The van der Waals surface area contributed by atoms with Crippen LogP contribution in [0.5, 0.6) is 0 Å². The standard InChI is InChI=1S/C20H21FN2O3/c21-18-9-6-15(12-22-18)20(25)10-16-7-8-17(11-20)23(16)19(24)26-13-14-4-2-1-3-5-14/h1-6,9,12,16-17,25H,7-8,10-11,13H2. The summed E-state index contributed by atoms with van der Waals surface area (Å²) in [5.41, 5.74) is 0.468. The van der Waals surface area contributed by atoms with Crippen LogP contribution in [0, 0.1) is 5.95 Å². The highest BCUT2D eigenvalue weighted by atomic mass is 19.1. The van der Waals surface area contributed by atoms with Crippen molar-refractivity contribution in [3.8, 4) is 0 Å². The minimum absolute atomic E-state index is 0.0768. The van der Waals surface area contributed by atoms with E-state index in [0.29, 0.717) is 18.4 Å². The molecule has 1 N–H and O–H groups in total. The summed E-state index contributed by atoms with van der Waals surface area (Å²) in [7, 11) is 0. The van der Waals surface area contributed by atoms with Crippen molar-refractivity contribution in [2.45, 2.75) is 50.0 Å². The smallest absolute Gasteiger partial charge is 0.410 e. The SMILES string of the molecule is O=C(OCc1ccccc1)N1C2CCC1CC(O)(c1ccc(F)nc1)C2. The Balaban J connectivity index is 1.45. The number of hydrogen-bond donors (Lipinski definition) is 1. The zero-order valence-corrected chi connectivity index (χ0v) is 14.3. The summed E-state index contributed by atoms with van der Waals surface area (Å²) < 4.78 is 18.6. The molecule has 2 atom stereocenters. The van der Waals surface area contributed by atoms with Crippen molar-refractivity contribution < 1.29 is 19.0 Å². The number of carbonyl (C=O) groups excluding carboxylic acids is 1. The molecule has 1 aromatic heterocycles. The fourth-order valence-electron chi connectivity index (χ4n) is 4.20. The maximum Gasteiger partial charge on any atom is 0.410 e. The molecule has 2 fully saturated rings. The number of amides is 1. The van der Waals surface area contributed by atoms with Gasteiger partial charge in [0.2, 0.25) is 5.95 Å². The Hall–Kier alpha value is -2.47. The highest BCUT2D eigenvalue weighted by molar-refractivity contribution is 5.69. The molecular weight excluding hydrogens is 335 g/mol. The van der Waals surface area contributed by atoms with E-state index in [9.17, 15) is 14.3 Å². The van der Waals surface area contributed by atoms with Gasteiger partial charge >= 0.3 is 6.09 Å². The van der Waals surface area contributed by atoms with Gasteiger partial charge in [0.25, 0.3) is 0 Å². The fourth-order valence-corrected chi connectivity index (χ4v) is 4.20. The molecule has 0 aliphatic carbocycles. The minimum atomic E-state index is -1.08. The molecule has 2 aliphatic heterocycles. The van der Waals surface area contributed by atoms with Crippen LogP contribution >= 0.6 is 0 Å². The molecule has 0 radical (unpaired) electrons. The molecule has 5 nitrogen and oxygen atoms in total. The largest absolute Gasteiger partial charge is 0.445 e. The van der Waals surface area contributed by atoms with E-state index in [-0.39, 0.29) is 24.8 Å². The summed E-state index contributed by atoms with van der Waals surface area (Å²) in [6.45, 7) is 0.238. The molecule has 2 aliphatic rings. The lowest BCUT2D eigenvalue weighted by molar-refractivity contribution is -0.0539. The summed E-state index contributed by atoms with van der Waals surface area (Å²) in [5.74, 6) is -0.567. The number of benzene rings is 1. The maximum absolute atomic E-state index is 13.1. The zero-order chi connectivity index (χ0) is 18.1. The molecule has 0 saturated carbocycles. The van der Waals surface area contributed by atoms with E-state index >= 15 is 0 Å². The van der Waals surface area contributed by atoms with Crippen molar-refractivity contribution in [3.63, 3.8) is 0 Å². The molecule has 1 amide bonds. The molecular formula is C20H21FN2O3. The first-order valence-corrected chi connectivity index (χ1v) is 8.89. The molecule has 2 unspecified atom stereocenters. The van der Waals surface area contributed by atoms with Gasteiger partial charge in [-0.3, -0.25) is 0 Å². The van der Waals surface area contributed by atoms with Gasteiger partial charge in [-0.1, -0.05) is 36.4 Å². The number of carbonyl (C=O) groups is 1. The number of hydrogen-bond acceptors (Lipinski definition) is 4. The lowest BCUT2D eigenvalue weighted by Crippen LogP contribution is -2.52. The lowest BCUT2D eigenvalue weighted by atomic mass is 9.81. The molecule has 136 valence electrons. The van der Waals surface area contributed by atoms with Crippen LogP contribution in [-0.2, 0) is 16.9 Å². The van der Waals surface area contributed by atoms with Crippen molar-refractivity contribution >= 4 is 6.09 Å². The number of ether oxygens (including phenoxy) is 1. The average Bonchev–Trinajstić information content (AvgIpc) is 2.93. The molecule has 0 spiro atoms. The van der Waals surface area contributed by atoms with E-state index in [1.54, 1.807) is 11.0 Å². The number of halogens is 1. The number of aromatic nitrogens is 1. The summed E-state index contributed by atoms with van der Waals surface area (Å²) in [4.78, 5) is 18.0. The highest BCUT2D eigenvalue weighted by Gasteiger charge is 2.50. The minimum Gasteiger partial charge on any atom is -0.445 e. The number of aliphatic hydroxyl groups is 1. The normalized spacial score (nSPS) is 27.4. The van der Waals surface area contributed by atoms with E-state index in [1.165, 1.54) is 12.3 Å². The highest BCUT2D eigenvalue weighted by Crippen LogP contribution is 2.45. The summed E-state index contributed by atoms with van der Waals surface area (Å²) in [6.07, 6.45) is 3.55. The Kier molecular flexibility index (Phi) is 4.36. The lowest BCUT2D eigenvalue weighted by Gasteiger charge is -2.43. The molecule has 4 rings (SSSR count). The number of piperidine rings is 1. The van der Waals surface area contributed by atoms with Gasteiger partial charge in [0.15, 0.2) is 0 Å². The Morgan fingerprint density at radius 2 is 1.88 bits per heavy atom. The van der Waals surface area contributed by atoms with Gasteiger partial charge in [-0.15, -0.1) is 0 Å². The Morgan fingerprint density at radius 1 is 1.19 bits per heavy atom. The second-order valence-corrected chi connectivity index (χ2v) is 7.14. The maximum atomic E-state index is 13.1. The number of pyridine rings is 1. The number of nitrogens with zero attached hydrogens (tertiary/aromatic N) is 2. The third-order valence-electron chi connectivity index (χ3n) is 5.45. The van der Waals surface area contributed by atoms with Crippen LogP contribution in [0.3, 0.4) is 0 Å². The summed E-state index contributed by atoms with van der Waals surface area (Å²) in [5, 5.41) is 11.1. The predicted octanol–water partition coefficient (Wildman–Crippen LogP) is 3.37. The summed E-state index contributed by atoms with van der Waals surface area (Å²) >= 11 is 0. The molecule has 6 heteroatoms. The molecule has 1 aromatic carbocycles. The van der Waals surface area contributed by atoms with Gasteiger partial charge < -0.3 is 14.7 Å². The van der Waals surface area contributed by atoms with Crippen LogP contribution in [0.2, 0.25) is 0 Å². The topological polar surface area (TPSA) is 62.7 Å². The quantitative estimate of drug-likeness (QED) is 0.857. The van der Waals surface area contributed by atoms with E-state index in [4.69, 9.17) is 4.74 Å². The second-order valence-electron chi connectivity index (χ2n) is 7.14. The van der Waals surface area contributed by atoms with Gasteiger partial charge in [0.05, 0.1) is 5.60 Å². The van der Waals surface area contributed by atoms with E-state index in [2.05, 4.69) is 4.98 Å². The van der Waals surface area contributed by atoms with E-state index < -0.39 is 11.5 Å². The first-order valence-electron chi connectivity index (χ1n) is 8.89. The van der Waals surface area contributed by atoms with Gasteiger partial charge in [-0.05, 0) is 24.5 Å².